The maximum absolute atomic E-state index is 13.5. The average Bonchev–Trinajstić information content (AvgIpc) is 2.70. The predicted molar refractivity (Wildman–Crippen MR) is 70.7 cm³/mol. The van der Waals surface area contributed by atoms with Crippen molar-refractivity contribution in [1.29, 1.82) is 0 Å². The Hall–Kier alpha value is -2.70. The fraction of sp³-hybridized carbons (Fsp3) is 0.154. The molecule has 104 valence electrons. The number of hydrogen-bond donors (Lipinski definition) is 1. The summed E-state index contributed by atoms with van der Waals surface area (Å²) in [6.07, 6.45) is 0. The lowest BCUT2D eigenvalue weighted by Crippen LogP contribution is -2.24. The first-order valence-corrected chi connectivity index (χ1v) is 5.80. The molecule has 0 aliphatic rings. The van der Waals surface area contributed by atoms with Crippen LogP contribution in [0.4, 0.5) is 10.1 Å². The minimum Gasteiger partial charge on any atom is -0.267 e. The summed E-state index contributed by atoms with van der Waals surface area (Å²) in [6, 6.07) is 6.68. The molecule has 0 saturated carbocycles. The first-order valence-electron chi connectivity index (χ1n) is 5.80. The second-order valence-corrected chi connectivity index (χ2v) is 4.32. The molecule has 0 saturated heterocycles. The Bertz CT molecular complexity index is 675. The molecular formula is C13H12FN3O3. The Kier molecular flexibility index (Phi) is 3.51. The number of hydrogen-bond acceptors (Lipinski definition) is 3. The lowest BCUT2D eigenvalue weighted by atomic mass is 10.2. The van der Waals surface area contributed by atoms with Gasteiger partial charge in [-0.1, -0.05) is 0 Å². The van der Waals surface area contributed by atoms with Crippen molar-refractivity contribution in [2.75, 3.05) is 5.43 Å². The monoisotopic (exact) mass is 277 g/mol. The number of rotatable bonds is 3. The highest BCUT2D eigenvalue weighted by Gasteiger charge is 2.17. The molecule has 0 unspecified atom stereocenters. The highest BCUT2D eigenvalue weighted by Crippen LogP contribution is 2.18. The summed E-state index contributed by atoms with van der Waals surface area (Å²) in [5, 5.41) is 10.5. The maximum Gasteiger partial charge on any atom is 0.304 e. The molecule has 1 heterocycles. The predicted octanol–water partition coefficient (Wildman–Crippen LogP) is 2.54. The van der Waals surface area contributed by atoms with Gasteiger partial charge in [0.05, 0.1) is 4.92 Å². The Morgan fingerprint density at radius 2 is 1.85 bits per heavy atom. The van der Waals surface area contributed by atoms with Gasteiger partial charge in [-0.05, 0) is 38.1 Å². The average molecular weight is 277 g/mol. The highest BCUT2D eigenvalue weighted by molar-refractivity contribution is 6.00. The number of nitro benzene ring substituents is 1. The van der Waals surface area contributed by atoms with Crippen molar-refractivity contribution in [1.82, 2.24) is 4.68 Å². The molecule has 2 aromatic rings. The van der Waals surface area contributed by atoms with Crippen LogP contribution in [0.1, 0.15) is 21.7 Å². The maximum atomic E-state index is 13.5. The zero-order chi connectivity index (χ0) is 14.9. The number of nitrogens with one attached hydrogen (secondary N) is 1. The van der Waals surface area contributed by atoms with E-state index in [1.54, 1.807) is 4.68 Å². The van der Waals surface area contributed by atoms with Crippen LogP contribution in [0.2, 0.25) is 0 Å². The summed E-state index contributed by atoms with van der Waals surface area (Å²) in [5.41, 5.74) is 3.58. The first kappa shape index (κ1) is 13.7. The number of aryl methyl sites for hydroxylation is 2. The SMILES string of the molecule is Cc1ccc(C)n1NC(=O)c1ccc([N+](=O)[O-])c(F)c1. The molecule has 0 radical (unpaired) electrons. The zero-order valence-electron chi connectivity index (χ0n) is 10.9. The summed E-state index contributed by atoms with van der Waals surface area (Å²) in [5.74, 6) is -1.58. The third-order valence-corrected chi connectivity index (χ3v) is 2.89. The van der Waals surface area contributed by atoms with Crippen molar-refractivity contribution in [3.8, 4) is 0 Å². The molecule has 1 amide bonds. The lowest BCUT2D eigenvalue weighted by Gasteiger charge is -2.11. The number of carbonyl (C=O) groups excluding carboxylic acids is 1. The summed E-state index contributed by atoms with van der Waals surface area (Å²) >= 11 is 0. The van der Waals surface area contributed by atoms with E-state index in [2.05, 4.69) is 5.43 Å². The fourth-order valence-electron chi connectivity index (χ4n) is 1.81. The van der Waals surface area contributed by atoms with Crippen LogP contribution in [0, 0.1) is 29.8 Å². The molecule has 7 heteroatoms. The Labute approximate surface area is 114 Å². The zero-order valence-corrected chi connectivity index (χ0v) is 10.9. The van der Waals surface area contributed by atoms with E-state index in [0.717, 1.165) is 23.5 Å². The van der Waals surface area contributed by atoms with Crippen molar-refractivity contribution in [2.45, 2.75) is 13.8 Å². The van der Waals surface area contributed by atoms with Gasteiger partial charge in [0.25, 0.3) is 5.91 Å². The number of benzene rings is 1. The molecule has 0 bridgehead atoms. The van der Waals surface area contributed by atoms with Crippen LogP contribution >= 0.6 is 0 Å². The second kappa shape index (κ2) is 5.12. The third-order valence-electron chi connectivity index (χ3n) is 2.89. The standard InChI is InChI=1S/C13H12FN3O3/c1-8-3-4-9(2)16(8)15-13(18)10-5-6-12(17(19)20)11(14)7-10/h3-7H,1-2H3,(H,15,18). The van der Waals surface area contributed by atoms with Crippen molar-refractivity contribution in [2.24, 2.45) is 0 Å². The smallest absolute Gasteiger partial charge is 0.267 e. The van der Waals surface area contributed by atoms with Gasteiger partial charge in [0.1, 0.15) is 0 Å². The van der Waals surface area contributed by atoms with Gasteiger partial charge in [-0.25, -0.2) is 0 Å². The van der Waals surface area contributed by atoms with Crippen LogP contribution in [0.25, 0.3) is 0 Å². The number of amides is 1. The minimum atomic E-state index is -1.04. The quantitative estimate of drug-likeness (QED) is 0.691. The number of halogens is 1. The highest BCUT2D eigenvalue weighted by atomic mass is 19.1. The van der Waals surface area contributed by atoms with Gasteiger partial charge in [-0.15, -0.1) is 0 Å². The van der Waals surface area contributed by atoms with Gasteiger partial charge >= 0.3 is 5.69 Å². The number of nitro groups is 1. The van der Waals surface area contributed by atoms with Crippen molar-refractivity contribution < 1.29 is 14.1 Å². The summed E-state index contributed by atoms with van der Waals surface area (Å²) in [7, 11) is 0. The van der Waals surface area contributed by atoms with Gasteiger partial charge in [0, 0.05) is 23.0 Å². The Balaban J connectivity index is 2.26. The largest absolute Gasteiger partial charge is 0.304 e. The number of aromatic nitrogens is 1. The van der Waals surface area contributed by atoms with Gasteiger partial charge < -0.3 is 0 Å². The molecule has 0 aliphatic carbocycles. The molecule has 20 heavy (non-hydrogen) atoms. The van der Waals surface area contributed by atoms with Crippen LogP contribution in [0.5, 0.6) is 0 Å². The van der Waals surface area contributed by atoms with Crippen LogP contribution in [0.3, 0.4) is 0 Å². The van der Waals surface area contributed by atoms with Gasteiger partial charge in [-0.2, -0.15) is 4.39 Å². The number of carbonyl (C=O) groups is 1. The number of nitrogens with zero attached hydrogens (tertiary/aromatic N) is 2. The van der Waals surface area contributed by atoms with E-state index in [9.17, 15) is 19.3 Å². The Morgan fingerprint density at radius 1 is 1.25 bits per heavy atom. The van der Waals surface area contributed by atoms with E-state index in [1.165, 1.54) is 6.07 Å². The molecule has 6 nitrogen and oxygen atoms in total. The van der Waals surface area contributed by atoms with Crippen molar-refractivity contribution in [3.05, 3.63) is 63.2 Å². The molecule has 0 atom stereocenters. The van der Waals surface area contributed by atoms with E-state index in [1.807, 2.05) is 26.0 Å². The topological polar surface area (TPSA) is 77.2 Å². The molecule has 1 N–H and O–H groups in total. The van der Waals surface area contributed by atoms with Gasteiger partial charge in [-0.3, -0.25) is 25.0 Å². The van der Waals surface area contributed by atoms with Crippen LogP contribution < -0.4 is 5.43 Å². The van der Waals surface area contributed by atoms with Crippen molar-refractivity contribution in [3.63, 3.8) is 0 Å². The van der Waals surface area contributed by atoms with E-state index < -0.39 is 22.3 Å². The first-order chi connectivity index (χ1) is 9.40. The van der Waals surface area contributed by atoms with E-state index >= 15 is 0 Å². The molecule has 0 spiro atoms. The van der Waals surface area contributed by atoms with E-state index in [-0.39, 0.29) is 5.56 Å². The van der Waals surface area contributed by atoms with Crippen LogP contribution in [-0.2, 0) is 0 Å². The van der Waals surface area contributed by atoms with E-state index in [4.69, 9.17) is 0 Å². The molecule has 0 aliphatic heterocycles. The molecule has 0 fully saturated rings. The second-order valence-electron chi connectivity index (χ2n) is 4.32. The van der Waals surface area contributed by atoms with Crippen LogP contribution in [0.15, 0.2) is 30.3 Å². The summed E-state index contributed by atoms with van der Waals surface area (Å²) < 4.78 is 15.0. The fourth-order valence-corrected chi connectivity index (χ4v) is 1.81. The van der Waals surface area contributed by atoms with Crippen molar-refractivity contribution >= 4 is 11.6 Å². The third kappa shape index (κ3) is 2.51. The lowest BCUT2D eigenvalue weighted by molar-refractivity contribution is -0.387. The van der Waals surface area contributed by atoms with Crippen LogP contribution in [-0.4, -0.2) is 15.5 Å². The molecular weight excluding hydrogens is 265 g/mol. The van der Waals surface area contributed by atoms with E-state index in [0.29, 0.717) is 0 Å². The van der Waals surface area contributed by atoms with Gasteiger partial charge in [0.15, 0.2) is 0 Å². The molecule has 1 aromatic heterocycles. The normalized spacial score (nSPS) is 10.3. The summed E-state index contributed by atoms with van der Waals surface area (Å²) in [4.78, 5) is 21.7. The molecule has 2 rings (SSSR count). The Morgan fingerprint density at radius 3 is 2.35 bits per heavy atom. The molecule has 1 aromatic carbocycles. The minimum absolute atomic E-state index is 0.0144. The van der Waals surface area contributed by atoms with Gasteiger partial charge in [0.2, 0.25) is 5.82 Å². The summed E-state index contributed by atoms with van der Waals surface area (Å²) in [6.45, 7) is 3.62.